The Kier molecular flexibility index (Phi) is 6.43. The summed E-state index contributed by atoms with van der Waals surface area (Å²) in [7, 11) is -1.47. The Balaban J connectivity index is 1.40. The van der Waals surface area contributed by atoms with Crippen LogP contribution in [-0.4, -0.2) is 52.6 Å². The fourth-order valence-electron chi connectivity index (χ4n) is 4.13. The van der Waals surface area contributed by atoms with Crippen molar-refractivity contribution in [1.29, 1.82) is 0 Å². The van der Waals surface area contributed by atoms with Crippen molar-refractivity contribution in [1.82, 2.24) is 4.90 Å². The van der Waals surface area contributed by atoms with Crippen LogP contribution in [0.1, 0.15) is 37.9 Å². The summed E-state index contributed by atoms with van der Waals surface area (Å²) in [5.74, 6) is 1.88. The molecule has 0 saturated carbocycles. The van der Waals surface area contributed by atoms with Crippen molar-refractivity contribution in [3.8, 4) is 17.2 Å². The summed E-state index contributed by atoms with van der Waals surface area (Å²) >= 11 is 0. The van der Waals surface area contributed by atoms with Gasteiger partial charge in [0.05, 0.1) is 19.0 Å². The van der Waals surface area contributed by atoms with Crippen molar-refractivity contribution < 1.29 is 23.3 Å². The summed E-state index contributed by atoms with van der Waals surface area (Å²) in [6.45, 7) is 6.02. The van der Waals surface area contributed by atoms with Gasteiger partial charge >= 0.3 is 0 Å². The second kappa shape index (κ2) is 9.06. The van der Waals surface area contributed by atoms with Crippen molar-refractivity contribution in [2.24, 2.45) is 0 Å². The van der Waals surface area contributed by atoms with Crippen molar-refractivity contribution in [2.45, 2.75) is 42.4 Å². The Morgan fingerprint density at radius 3 is 2.47 bits per heavy atom. The van der Waals surface area contributed by atoms with E-state index in [1.165, 1.54) is 25.9 Å². The van der Waals surface area contributed by atoms with Gasteiger partial charge in [-0.1, -0.05) is 12.1 Å². The lowest BCUT2D eigenvalue weighted by Gasteiger charge is -2.47. The zero-order valence-electron chi connectivity index (χ0n) is 17.6. The van der Waals surface area contributed by atoms with Gasteiger partial charge in [0.15, 0.2) is 0 Å². The third kappa shape index (κ3) is 4.39. The molecule has 1 fully saturated rings. The first kappa shape index (κ1) is 21.3. The van der Waals surface area contributed by atoms with E-state index in [4.69, 9.17) is 14.2 Å². The van der Waals surface area contributed by atoms with E-state index in [0.717, 1.165) is 24.3 Å². The van der Waals surface area contributed by atoms with Crippen LogP contribution >= 0.6 is 10.6 Å². The molecule has 0 aromatic heterocycles. The van der Waals surface area contributed by atoms with Crippen molar-refractivity contribution >= 4 is 10.6 Å². The van der Waals surface area contributed by atoms with Gasteiger partial charge in [-0.2, -0.15) is 10.6 Å². The molecule has 0 amide bonds. The Morgan fingerprint density at radius 1 is 1.07 bits per heavy atom. The fourth-order valence-corrected chi connectivity index (χ4v) is 5.79. The molecule has 0 aliphatic carbocycles. The smallest absolute Gasteiger partial charge is 0.144 e. The average molecular weight is 434 g/mol. The predicted molar refractivity (Wildman–Crippen MR) is 119 cm³/mol. The summed E-state index contributed by atoms with van der Waals surface area (Å²) in [5.41, 5.74) is 0.897. The summed E-state index contributed by atoms with van der Waals surface area (Å²) in [5, 5.41) is -0.482. The first-order chi connectivity index (χ1) is 14.5. The fraction of sp³-hybridized carbons (Fsp3) is 0.478. The van der Waals surface area contributed by atoms with E-state index >= 15 is 0 Å². The van der Waals surface area contributed by atoms with Crippen molar-refractivity contribution in [3.05, 3.63) is 48.0 Å². The van der Waals surface area contributed by atoms with Crippen LogP contribution < -0.4 is 14.2 Å². The quantitative estimate of drug-likeness (QED) is 0.586. The van der Waals surface area contributed by atoms with Crippen LogP contribution in [-0.2, 0) is 0 Å². The third-order valence-corrected chi connectivity index (χ3v) is 8.22. The lowest BCUT2D eigenvalue weighted by atomic mass is 10.1. The molecule has 0 radical (unpaired) electrons. The lowest BCUT2D eigenvalue weighted by molar-refractivity contribution is 0.180. The predicted octanol–water partition coefficient (Wildman–Crippen LogP) is 5.19. The molecule has 164 valence electrons. The zero-order chi connectivity index (χ0) is 21.1. The van der Waals surface area contributed by atoms with Crippen LogP contribution in [0, 0.1) is 0 Å². The van der Waals surface area contributed by atoms with Crippen LogP contribution in [0.2, 0.25) is 0 Å². The number of ether oxygens (including phenoxy) is 3. The molecule has 2 unspecified atom stereocenters. The van der Waals surface area contributed by atoms with Crippen LogP contribution in [0.3, 0.4) is 0 Å². The summed E-state index contributed by atoms with van der Waals surface area (Å²) in [4.78, 5) is 2.89. The van der Waals surface area contributed by atoms with Crippen LogP contribution in [0.15, 0.2) is 47.4 Å². The van der Waals surface area contributed by atoms with Gasteiger partial charge < -0.3 is 19.1 Å². The molecule has 0 spiro atoms. The number of likely N-dealkylation sites (tertiary alicyclic amines) is 1. The van der Waals surface area contributed by atoms with Gasteiger partial charge in [0.1, 0.15) is 28.2 Å². The number of fused-ring (bicyclic) bond motifs is 1. The standard InChI is InChI=1S/C23H31NO5S/c1-17-23(29-21-11-10-20(27-2)16-22(21)30(17,25)26)18-6-8-19(9-7-18)28-15-5-14-24-12-3-4-13-24/h6-11,16-17,23,25-26H,3-5,12-15H2,1-2H3. The maximum absolute atomic E-state index is 10.9. The molecule has 2 aliphatic rings. The van der Waals surface area contributed by atoms with Gasteiger partial charge in [0.2, 0.25) is 0 Å². The number of nitrogens with zero attached hydrogens (tertiary/aromatic N) is 1. The Morgan fingerprint density at radius 2 is 1.77 bits per heavy atom. The highest BCUT2D eigenvalue weighted by Crippen LogP contribution is 2.63. The molecule has 2 aromatic carbocycles. The number of hydrogen-bond acceptors (Lipinski definition) is 6. The van der Waals surface area contributed by atoms with E-state index in [9.17, 15) is 9.11 Å². The number of benzene rings is 2. The van der Waals surface area contributed by atoms with Gasteiger partial charge in [-0.05, 0) is 69.1 Å². The molecule has 6 nitrogen and oxygen atoms in total. The first-order valence-electron chi connectivity index (χ1n) is 10.6. The third-order valence-electron chi connectivity index (χ3n) is 5.97. The highest BCUT2D eigenvalue weighted by Gasteiger charge is 2.40. The largest absolute Gasteiger partial charge is 0.497 e. The maximum atomic E-state index is 10.9. The lowest BCUT2D eigenvalue weighted by Crippen LogP contribution is -2.31. The second-order valence-electron chi connectivity index (χ2n) is 7.97. The molecule has 1 saturated heterocycles. The van der Waals surface area contributed by atoms with E-state index in [1.807, 2.05) is 31.2 Å². The number of rotatable bonds is 7. The van der Waals surface area contributed by atoms with Gasteiger partial charge in [0.25, 0.3) is 0 Å². The molecule has 30 heavy (non-hydrogen) atoms. The minimum absolute atomic E-state index is 0.406. The van der Waals surface area contributed by atoms with Gasteiger partial charge in [0, 0.05) is 12.6 Å². The Hall–Kier alpha value is -1.93. The van der Waals surface area contributed by atoms with Gasteiger partial charge in [-0.25, -0.2) is 0 Å². The van der Waals surface area contributed by atoms with Crippen LogP contribution in [0.25, 0.3) is 0 Å². The minimum Gasteiger partial charge on any atom is -0.497 e. The molecule has 2 aliphatic heterocycles. The number of hydrogen-bond donors (Lipinski definition) is 2. The molecule has 2 heterocycles. The SMILES string of the molecule is COc1ccc2c(c1)S(O)(O)C(C)C(c1ccc(OCCCN3CCCC3)cc1)O2. The molecule has 0 bridgehead atoms. The first-order valence-corrected chi connectivity index (χ1v) is 12.2. The summed E-state index contributed by atoms with van der Waals surface area (Å²) < 4.78 is 39.1. The normalized spacial score (nSPS) is 24.0. The topological polar surface area (TPSA) is 71.4 Å². The molecule has 2 N–H and O–H groups in total. The monoisotopic (exact) mass is 433 g/mol. The minimum atomic E-state index is -3.03. The molecule has 4 rings (SSSR count). The average Bonchev–Trinajstić information content (AvgIpc) is 3.28. The van der Waals surface area contributed by atoms with Crippen molar-refractivity contribution in [3.63, 3.8) is 0 Å². The van der Waals surface area contributed by atoms with Gasteiger partial charge in [-0.3, -0.25) is 9.11 Å². The van der Waals surface area contributed by atoms with E-state index in [-0.39, 0.29) is 0 Å². The van der Waals surface area contributed by atoms with Crippen molar-refractivity contribution in [2.75, 3.05) is 33.4 Å². The maximum Gasteiger partial charge on any atom is 0.144 e. The molecular formula is C23H31NO5S. The van der Waals surface area contributed by atoms with Crippen LogP contribution in [0.5, 0.6) is 17.2 Å². The van der Waals surface area contributed by atoms with Gasteiger partial charge in [-0.15, -0.1) is 0 Å². The van der Waals surface area contributed by atoms with E-state index in [1.54, 1.807) is 25.3 Å². The second-order valence-corrected chi connectivity index (χ2v) is 10.3. The summed E-state index contributed by atoms with van der Waals surface area (Å²) in [6.07, 6.45) is 3.20. The molecule has 7 heteroatoms. The summed E-state index contributed by atoms with van der Waals surface area (Å²) in [6, 6.07) is 12.9. The molecule has 2 aromatic rings. The molecular weight excluding hydrogens is 402 g/mol. The van der Waals surface area contributed by atoms with Crippen LogP contribution in [0.4, 0.5) is 0 Å². The Labute approximate surface area is 180 Å². The van der Waals surface area contributed by atoms with E-state index in [0.29, 0.717) is 23.0 Å². The zero-order valence-corrected chi connectivity index (χ0v) is 18.4. The highest BCUT2D eigenvalue weighted by molar-refractivity contribution is 8.25. The number of methoxy groups -OCH3 is 1. The molecule has 2 atom stereocenters. The van der Waals surface area contributed by atoms with E-state index < -0.39 is 21.9 Å². The van der Waals surface area contributed by atoms with E-state index in [2.05, 4.69) is 4.90 Å². The Bertz CT molecular complexity index is 851. The highest BCUT2D eigenvalue weighted by atomic mass is 32.3.